The molecule has 0 spiro atoms. The Balaban J connectivity index is 1.83. The quantitative estimate of drug-likeness (QED) is 0.870. The van der Waals surface area contributed by atoms with Gasteiger partial charge in [-0.1, -0.05) is 13.8 Å². The molecule has 1 N–H and O–H groups in total. The lowest BCUT2D eigenvalue weighted by molar-refractivity contribution is 0.304. The van der Waals surface area contributed by atoms with Gasteiger partial charge in [-0.3, -0.25) is 4.98 Å². The van der Waals surface area contributed by atoms with Gasteiger partial charge in [0.2, 0.25) is 0 Å². The van der Waals surface area contributed by atoms with E-state index in [0.717, 1.165) is 23.0 Å². The molecule has 0 aliphatic carbocycles. The van der Waals surface area contributed by atoms with Gasteiger partial charge in [-0.2, -0.15) is 0 Å². The van der Waals surface area contributed by atoms with Crippen molar-refractivity contribution < 1.29 is 4.74 Å². The van der Waals surface area contributed by atoms with Crippen LogP contribution < -0.4 is 10.1 Å². The second-order valence-electron chi connectivity index (χ2n) is 4.24. The first kappa shape index (κ1) is 13.0. The third-order valence-electron chi connectivity index (χ3n) is 2.33. The zero-order chi connectivity index (χ0) is 12.8. The normalized spacial score (nSPS) is 10.8. The minimum absolute atomic E-state index is 0.465. The van der Waals surface area contributed by atoms with Crippen LogP contribution in [0.3, 0.4) is 0 Å². The number of ether oxygens (including phenoxy) is 1. The number of thiazole rings is 1. The molecule has 2 heterocycles. The Kier molecular flexibility index (Phi) is 4.66. The number of nitrogens with zero attached hydrogens (tertiary/aromatic N) is 2. The minimum Gasteiger partial charge on any atom is -0.485 e. The SMILES string of the molecule is CC(C)NCc1ccc(OCc2nccs2)cn1. The highest BCUT2D eigenvalue weighted by atomic mass is 32.1. The number of rotatable bonds is 6. The number of hydrogen-bond donors (Lipinski definition) is 1. The Hall–Kier alpha value is -1.46. The van der Waals surface area contributed by atoms with Gasteiger partial charge >= 0.3 is 0 Å². The van der Waals surface area contributed by atoms with E-state index in [4.69, 9.17) is 4.74 Å². The van der Waals surface area contributed by atoms with Crippen molar-refractivity contribution in [2.24, 2.45) is 0 Å². The van der Waals surface area contributed by atoms with Crippen molar-refractivity contribution in [2.45, 2.75) is 33.0 Å². The lowest BCUT2D eigenvalue weighted by Crippen LogP contribution is -2.22. The molecule has 0 fully saturated rings. The average Bonchev–Trinajstić information content (AvgIpc) is 2.88. The molecule has 0 saturated heterocycles. The summed E-state index contributed by atoms with van der Waals surface area (Å²) in [6.07, 6.45) is 3.53. The molecule has 18 heavy (non-hydrogen) atoms. The molecule has 0 aliphatic heterocycles. The molecule has 2 aromatic rings. The molecule has 4 nitrogen and oxygen atoms in total. The first-order chi connectivity index (χ1) is 8.74. The van der Waals surface area contributed by atoms with Crippen LogP contribution in [-0.4, -0.2) is 16.0 Å². The second kappa shape index (κ2) is 6.47. The van der Waals surface area contributed by atoms with E-state index < -0.39 is 0 Å². The summed E-state index contributed by atoms with van der Waals surface area (Å²) in [5, 5.41) is 6.24. The molecule has 5 heteroatoms. The van der Waals surface area contributed by atoms with Crippen molar-refractivity contribution >= 4 is 11.3 Å². The van der Waals surface area contributed by atoms with Crippen molar-refractivity contribution in [3.05, 3.63) is 40.6 Å². The fourth-order valence-corrected chi connectivity index (χ4v) is 1.91. The fourth-order valence-electron chi connectivity index (χ4n) is 1.38. The predicted molar refractivity (Wildman–Crippen MR) is 72.7 cm³/mol. The summed E-state index contributed by atoms with van der Waals surface area (Å²) < 4.78 is 5.60. The van der Waals surface area contributed by atoms with Gasteiger partial charge in [0.05, 0.1) is 11.9 Å². The second-order valence-corrected chi connectivity index (χ2v) is 5.21. The Labute approximate surface area is 111 Å². The highest BCUT2D eigenvalue weighted by molar-refractivity contribution is 7.09. The summed E-state index contributed by atoms with van der Waals surface area (Å²) in [7, 11) is 0. The van der Waals surface area contributed by atoms with Gasteiger partial charge in [-0.25, -0.2) is 4.98 Å². The van der Waals surface area contributed by atoms with E-state index >= 15 is 0 Å². The number of hydrogen-bond acceptors (Lipinski definition) is 5. The molecular weight excluding hydrogens is 246 g/mol. The van der Waals surface area contributed by atoms with Gasteiger partial charge in [-0.05, 0) is 12.1 Å². The summed E-state index contributed by atoms with van der Waals surface area (Å²) in [4.78, 5) is 8.51. The van der Waals surface area contributed by atoms with Crippen LogP contribution in [-0.2, 0) is 13.2 Å². The van der Waals surface area contributed by atoms with Gasteiger partial charge in [-0.15, -0.1) is 11.3 Å². The van der Waals surface area contributed by atoms with Crippen LogP contribution in [0.25, 0.3) is 0 Å². The number of nitrogens with one attached hydrogen (secondary N) is 1. The minimum atomic E-state index is 0.465. The van der Waals surface area contributed by atoms with Crippen LogP contribution in [0.4, 0.5) is 0 Å². The van der Waals surface area contributed by atoms with Crippen molar-refractivity contribution in [1.82, 2.24) is 15.3 Å². The maximum atomic E-state index is 5.60. The van der Waals surface area contributed by atoms with Crippen LogP contribution in [0.2, 0.25) is 0 Å². The molecule has 0 saturated carbocycles. The van der Waals surface area contributed by atoms with E-state index in [1.807, 2.05) is 17.5 Å². The van der Waals surface area contributed by atoms with Gasteiger partial charge in [0.15, 0.2) is 0 Å². The first-order valence-corrected chi connectivity index (χ1v) is 6.81. The highest BCUT2D eigenvalue weighted by Gasteiger charge is 2.00. The van der Waals surface area contributed by atoms with Gasteiger partial charge in [0.1, 0.15) is 17.4 Å². The van der Waals surface area contributed by atoms with E-state index in [0.29, 0.717) is 12.6 Å². The molecule has 0 aromatic carbocycles. The molecule has 2 rings (SSSR count). The van der Waals surface area contributed by atoms with E-state index in [1.54, 1.807) is 23.7 Å². The summed E-state index contributed by atoms with van der Waals surface area (Å²) in [5.74, 6) is 0.776. The van der Waals surface area contributed by atoms with Crippen molar-refractivity contribution in [3.8, 4) is 5.75 Å². The van der Waals surface area contributed by atoms with Crippen molar-refractivity contribution in [3.63, 3.8) is 0 Å². The maximum Gasteiger partial charge on any atom is 0.140 e. The number of pyridine rings is 1. The standard InChI is InChI=1S/C13H17N3OS/c1-10(2)15-7-11-3-4-12(8-16-11)17-9-13-14-5-6-18-13/h3-6,8,10,15H,7,9H2,1-2H3. The zero-order valence-corrected chi connectivity index (χ0v) is 11.4. The predicted octanol–water partition coefficient (Wildman–Crippen LogP) is 2.62. The summed E-state index contributed by atoms with van der Waals surface area (Å²) in [6.45, 7) is 5.52. The molecule has 0 radical (unpaired) electrons. The maximum absolute atomic E-state index is 5.60. The van der Waals surface area contributed by atoms with Crippen molar-refractivity contribution in [2.75, 3.05) is 0 Å². The van der Waals surface area contributed by atoms with Crippen LogP contribution in [0.1, 0.15) is 24.5 Å². The average molecular weight is 263 g/mol. The van der Waals surface area contributed by atoms with Gasteiger partial charge in [0, 0.05) is 24.2 Å². The Morgan fingerprint density at radius 3 is 2.83 bits per heavy atom. The Bertz CT molecular complexity index is 454. The molecule has 0 aliphatic rings. The van der Waals surface area contributed by atoms with E-state index in [1.165, 1.54) is 0 Å². The van der Waals surface area contributed by atoms with Crippen LogP contribution in [0, 0.1) is 0 Å². The van der Waals surface area contributed by atoms with Crippen molar-refractivity contribution in [1.29, 1.82) is 0 Å². The lowest BCUT2D eigenvalue weighted by Gasteiger charge is -2.08. The lowest BCUT2D eigenvalue weighted by atomic mass is 10.3. The molecule has 0 unspecified atom stereocenters. The zero-order valence-electron chi connectivity index (χ0n) is 10.6. The van der Waals surface area contributed by atoms with Crippen LogP contribution in [0.15, 0.2) is 29.9 Å². The Morgan fingerprint density at radius 2 is 2.22 bits per heavy atom. The highest BCUT2D eigenvalue weighted by Crippen LogP contribution is 2.13. The largest absolute Gasteiger partial charge is 0.485 e. The smallest absolute Gasteiger partial charge is 0.140 e. The van der Waals surface area contributed by atoms with E-state index in [-0.39, 0.29) is 0 Å². The monoisotopic (exact) mass is 263 g/mol. The third kappa shape index (κ3) is 4.09. The molecular formula is C13H17N3OS. The first-order valence-electron chi connectivity index (χ1n) is 5.93. The Morgan fingerprint density at radius 1 is 1.33 bits per heavy atom. The molecule has 0 amide bonds. The fraction of sp³-hybridized carbons (Fsp3) is 0.385. The topological polar surface area (TPSA) is 47.0 Å². The molecule has 2 aromatic heterocycles. The van der Waals surface area contributed by atoms with E-state index in [2.05, 4.69) is 29.1 Å². The molecule has 0 atom stereocenters. The van der Waals surface area contributed by atoms with Gasteiger partial charge in [0.25, 0.3) is 0 Å². The number of aromatic nitrogens is 2. The summed E-state index contributed by atoms with van der Waals surface area (Å²) in [5.41, 5.74) is 1.02. The van der Waals surface area contributed by atoms with Gasteiger partial charge < -0.3 is 10.1 Å². The molecule has 96 valence electrons. The van der Waals surface area contributed by atoms with Crippen LogP contribution in [0.5, 0.6) is 5.75 Å². The van der Waals surface area contributed by atoms with Crippen LogP contribution >= 0.6 is 11.3 Å². The summed E-state index contributed by atoms with van der Waals surface area (Å²) >= 11 is 1.59. The molecule has 0 bridgehead atoms. The van der Waals surface area contributed by atoms with E-state index in [9.17, 15) is 0 Å². The third-order valence-corrected chi connectivity index (χ3v) is 3.09. The summed E-state index contributed by atoms with van der Waals surface area (Å²) in [6, 6.07) is 4.39.